The molecular weight excluding hydrogens is 383 g/mol. The average molecular weight is 410 g/mol. The number of H-pyrrole nitrogens is 1. The molecule has 1 fully saturated rings. The lowest BCUT2D eigenvalue weighted by Gasteiger charge is -2.29. The number of ketones is 1. The first-order chi connectivity index (χ1) is 14.5. The molecule has 1 aromatic heterocycles. The van der Waals surface area contributed by atoms with Crippen molar-refractivity contribution in [2.75, 3.05) is 44.6 Å². The van der Waals surface area contributed by atoms with Crippen LogP contribution < -0.4 is 15.1 Å². The van der Waals surface area contributed by atoms with Crippen LogP contribution in [0.3, 0.4) is 0 Å². The Kier molecular flexibility index (Phi) is 5.92. The predicted molar refractivity (Wildman–Crippen MR) is 114 cm³/mol. The summed E-state index contributed by atoms with van der Waals surface area (Å²) in [5.41, 5.74) is 3.31. The molecule has 7 heteroatoms. The number of hydrogen-bond acceptors (Lipinski definition) is 2. The van der Waals surface area contributed by atoms with E-state index in [1.807, 2.05) is 31.2 Å². The number of aromatic amines is 1. The van der Waals surface area contributed by atoms with Crippen LogP contribution in [0.1, 0.15) is 16.1 Å². The van der Waals surface area contributed by atoms with Crippen molar-refractivity contribution in [1.82, 2.24) is 4.98 Å². The van der Waals surface area contributed by atoms with Gasteiger partial charge in [0.2, 0.25) is 5.78 Å². The van der Waals surface area contributed by atoms with Gasteiger partial charge in [0.1, 0.15) is 38.5 Å². The number of carbonyl (C=O) groups is 2. The van der Waals surface area contributed by atoms with Crippen LogP contribution in [0.15, 0.2) is 48.5 Å². The van der Waals surface area contributed by atoms with E-state index < -0.39 is 0 Å². The predicted octanol–water partition coefficient (Wildman–Crippen LogP) is 0.220. The summed E-state index contributed by atoms with van der Waals surface area (Å²) in [6.07, 6.45) is 0. The van der Waals surface area contributed by atoms with Crippen molar-refractivity contribution in [2.24, 2.45) is 0 Å². The zero-order valence-corrected chi connectivity index (χ0v) is 17.1. The molecule has 6 nitrogen and oxygen atoms in total. The van der Waals surface area contributed by atoms with Crippen LogP contribution in [0.4, 0.5) is 10.1 Å². The number of para-hydroxylation sites is 1. The van der Waals surface area contributed by atoms with Crippen LogP contribution in [-0.2, 0) is 4.79 Å². The molecule has 1 saturated heterocycles. The van der Waals surface area contributed by atoms with Gasteiger partial charge < -0.3 is 20.1 Å². The van der Waals surface area contributed by atoms with E-state index >= 15 is 0 Å². The molecule has 1 aliphatic rings. The number of rotatable bonds is 6. The third kappa shape index (κ3) is 4.58. The number of carbonyl (C=O) groups excluding carboxylic acids is 2. The Bertz CT molecular complexity index is 1050. The molecule has 4 rings (SSSR count). The highest BCUT2D eigenvalue weighted by molar-refractivity contribution is 6.09. The number of amides is 1. The Balaban J connectivity index is 1.28. The summed E-state index contributed by atoms with van der Waals surface area (Å²) in [6, 6.07) is 13.7. The normalized spacial score (nSPS) is 19.0. The number of aromatic nitrogens is 1. The highest BCUT2D eigenvalue weighted by Gasteiger charge is 2.28. The average Bonchev–Trinajstić information content (AvgIpc) is 3.07. The molecule has 0 atom stereocenters. The highest BCUT2D eigenvalue weighted by Crippen LogP contribution is 2.21. The molecule has 0 spiro atoms. The maximum Gasteiger partial charge on any atom is 0.279 e. The molecule has 2 aromatic carbocycles. The quantitative estimate of drug-likeness (QED) is 0.439. The van der Waals surface area contributed by atoms with Gasteiger partial charge in [0.05, 0.1) is 5.56 Å². The van der Waals surface area contributed by atoms with Gasteiger partial charge in [-0.2, -0.15) is 0 Å². The van der Waals surface area contributed by atoms with Crippen LogP contribution >= 0.6 is 0 Å². The summed E-state index contributed by atoms with van der Waals surface area (Å²) >= 11 is 0. The van der Waals surface area contributed by atoms with E-state index in [9.17, 15) is 14.0 Å². The molecule has 4 N–H and O–H groups in total. The Morgan fingerprint density at radius 1 is 0.967 bits per heavy atom. The summed E-state index contributed by atoms with van der Waals surface area (Å²) < 4.78 is 13.0. The molecule has 0 saturated carbocycles. The van der Waals surface area contributed by atoms with Gasteiger partial charge in [0, 0.05) is 22.3 Å². The number of Topliss-reactive ketones (excluding diaryl/α,β-unsaturated/α-hetero) is 1. The summed E-state index contributed by atoms with van der Waals surface area (Å²) in [5, 5.41) is 3.80. The van der Waals surface area contributed by atoms with Crippen LogP contribution in [0.25, 0.3) is 10.9 Å². The monoisotopic (exact) mass is 410 g/mol. The maximum absolute atomic E-state index is 13.0. The minimum Gasteiger partial charge on any atom is -0.358 e. The molecule has 2 heterocycles. The molecule has 0 bridgehead atoms. The molecule has 1 amide bonds. The fourth-order valence-electron chi connectivity index (χ4n) is 4.23. The Labute approximate surface area is 174 Å². The lowest BCUT2D eigenvalue weighted by molar-refractivity contribution is -1.00. The number of anilines is 1. The van der Waals surface area contributed by atoms with Crippen molar-refractivity contribution in [1.29, 1.82) is 0 Å². The second-order valence-corrected chi connectivity index (χ2v) is 8.00. The summed E-state index contributed by atoms with van der Waals surface area (Å²) in [5.74, 6) is -0.238. The number of quaternary nitrogens is 2. The maximum atomic E-state index is 13.0. The van der Waals surface area contributed by atoms with Crippen LogP contribution in [0.5, 0.6) is 0 Å². The van der Waals surface area contributed by atoms with Crippen molar-refractivity contribution in [3.8, 4) is 0 Å². The number of hydrogen-bond donors (Lipinski definition) is 4. The van der Waals surface area contributed by atoms with Crippen molar-refractivity contribution in [3.63, 3.8) is 0 Å². The third-order valence-corrected chi connectivity index (χ3v) is 5.79. The van der Waals surface area contributed by atoms with Gasteiger partial charge in [-0.1, -0.05) is 18.2 Å². The smallest absolute Gasteiger partial charge is 0.279 e. The first-order valence-electron chi connectivity index (χ1n) is 10.3. The molecule has 1 aliphatic heterocycles. The molecule has 0 aliphatic carbocycles. The van der Waals surface area contributed by atoms with Crippen LogP contribution in [0, 0.1) is 12.7 Å². The van der Waals surface area contributed by atoms with Crippen molar-refractivity contribution in [2.45, 2.75) is 6.92 Å². The fourth-order valence-corrected chi connectivity index (χ4v) is 4.23. The number of benzene rings is 2. The van der Waals surface area contributed by atoms with E-state index in [1.165, 1.54) is 21.9 Å². The second kappa shape index (κ2) is 8.77. The van der Waals surface area contributed by atoms with Gasteiger partial charge in [-0.15, -0.1) is 0 Å². The first kappa shape index (κ1) is 20.3. The number of aryl methyl sites for hydroxylation is 1. The number of fused-ring (bicyclic) bond motifs is 1. The number of halogens is 1. The highest BCUT2D eigenvalue weighted by atomic mass is 19.1. The third-order valence-electron chi connectivity index (χ3n) is 5.79. The Morgan fingerprint density at radius 2 is 1.60 bits per heavy atom. The summed E-state index contributed by atoms with van der Waals surface area (Å²) in [4.78, 5) is 31.0. The van der Waals surface area contributed by atoms with Gasteiger partial charge in [0.25, 0.3) is 5.91 Å². The first-order valence-corrected chi connectivity index (χ1v) is 10.3. The standard InChI is InChI=1S/C23H25FN4O2/c1-16-23(19-4-2-3-5-20(19)25-16)21(29)14-27-10-12-28(13-11-27)15-22(30)26-18-8-6-17(24)7-9-18/h2-9,25H,10-15H2,1H3,(H,26,30)/p+2. The molecule has 156 valence electrons. The van der Waals surface area contributed by atoms with E-state index in [2.05, 4.69) is 10.3 Å². The van der Waals surface area contributed by atoms with Crippen molar-refractivity contribution < 1.29 is 23.8 Å². The largest absolute Gasteiger partial charge is 0.358 e. The lowest BCUT2D eigenvalue weighted by atomic mass is 10.1. The van der Waals surface area contributed by atoms with Gasteiger partial charge in [-0.25, -0.2) is 4.39 Å². The molecular formula is C23H27FN4O2+2. The van der Waals surface area contributed by atoms with Crippen LogP contribution in [-0.4, -0.2) is 55.9 Å². The zero-order valence-electron chi connectivity index (χ0n) is 17.1. The Morgan fingerprint density at radius 3 is 2.30 bits per heavy atom. The summed E-state index contributed by atoms with van der Waals surface area (Å²) in [7, 11) is 0. The SMILES string of the molecule is Cc1[nH]c2ccccc2c1C(=O)C[NH+]1CC[NH+](CC(=O)Nc2ccc(F)cc2)CC1. The zero-order chi connectivity index (χ0) is 21.1. The topological polar surface area (TPSA) is 70.8 Å². The van der Waals surface area contributed by atoms with E-state index in [0.29, 0.717) is 18.8 Å². The van der Waals surface area contributed by atoms with E-state index in [4.69, 9.17) is 0 Å². The van der Waals surface area contributed by atoms with E-state index in [0.717, 1.165) is 48.3 Å². The summed E-state index contributed by atoms with van der Waals surface area (Å²) in [6.45, 7) is 6.18. The van der Waals surface area contributed by atoms with Crippen molar-refractivity contribution >= 4 is 28.3 Å². The number of nitrogens with one attached hydrogen (secondary N) is 4. The minimum atomic E-state index is -0.324. The van der Waals surface area contributed by atoms with E-state index in [1.54, 1.807) is 12.1 Å². The van der Waals surface area contributed by atoms with Gasteiger partial charge in [-0.05, 0) is 37.3 Å². The molecule has 3 aromatic rings. The molecule has 0 unspecified atom stereocenters. The molecule has 30 heavy (non-hydrogen) atoms. The van der Waals surface area contributed by atoms with Gasteiger partial charge >= 0.3 is 0 Å². The number of piperazine rings is 1. The second-order valence-electron chi connectivity index (χ2n) is 8.00. The van der Waals surface area contributed by atoms with Gasteiger partial charge in [0.15, 0.2) is 6.54 Å². The fraction of sp³-hybridized carbons (Fsp3) is 0.304. The minimum absolute atomic E-state index is 0.0782. The van der Waals surface area contributed by atoms with Crippen LogP contribution in [0.2, 0.25) is 0 Å². The van der Waals surface area contributed by atoms with Crippen molar-refractivity contribution in [3.05, 3.63) is 65.6 Å². The lowest BCUT2D eigenvalue weighted by Crippen LogP contribution is -3.28. The Hall–Kier alpha value is -3.03. The molecule has 0 radical (unpaired) electrons. The van der Waals surface area contributed by atoms with E-state index in [-0.39, 0.29) is 17.5 Å². The van der Waals surface area contributed by atoms with Gasteiger partial charge in [-0.3, -0.25) is 9.59 Å².